The van der Waals surface area contributed by atoms with E-state index in [1.54, 1.807) is 29.1 Å². The van der Waals surface area contributed by atoms with Crippen molar-refractivity contribution < 1.29 is 13.8 Å². The van der Waals surface area contributed by atoms with Crippen LogP contribution in [-0.2, 0) is 4.79 Å². The predicted octanol–water partition coefficient (Wildman–Crippen LogP) is 2.07. The van der Waals surface area contributed by atoms with Crippen molar-refractivity contribution in [3.05, 3.63) is 71.8 Å². The fourth-order valence-corrected chi connectivity index (χ4v) is 3.04. The van der Waals surface area contributed by atoms with Crippen molar-refractivity contribution in [3.63, 3.8) is 0 Å². The van der Waals surface area contributed by atoms with E-state index in [1.807, 2.05) is 18.2 Å². The number of pyridine rings is 1. The van der Waals surface area contributed by atoms with Crippen molar-refractivity contribution in [1.82, 2.24) is 5.32 Å². The molecule has 1 amide bonds. The summed E-state index contributed by atoms with van der Waals surface area (Å²) in [6.07, 6.45) is 3.55. The molecule has 1 saturated heterocycles. The van der Waals surface area contributed by atoms with Crippen LogP contribution in [0.5, 0.6) is 0 Å². The highest BCUT2D eigenvalue weighted by molar-refractivity contribution is 7.80. The van der Waals surface area contributed by atoms with Gasteiger partial charge >= 0.3 is 0 Å². The molecule has 0 unspecified atom stereocenters. The maximum atomic E-state index is 13.2. The zero-order valence-electron chi connectivity index (χ0n) is 12.0. The molecule has 2 heterocycles. The van der Waals surface area contributed by atoms with E-state index in [-0.39, 0.29) is 16.7 Å². The topological polar surface area (TPSA) is 56.8 Å². The minimum absolute atomic E-state index is 0.187. The molecule has 0 spiro atoms. The van der Waals surface area contributed by atoms with Crippen LogP contribution in [0.15, 0.2) is 60.4 Å². The molecule has 2 aromatic rings. The van der Waals surface area contributed by atoms with E-state index in [9.17, 15) is 9.18 Å². The van der Waals surface area contributed by atoms with E-state index in [2.05, 4.69) is 11.2 Å². The molecule has 0 saturated carbocycles. The van der Waals surface area contributed by atoms with Crippen LogP contribution in [0.4, 0.5) is 4.39 Å². The number of nitrogens with zero attached hydrogens (tertiary/aromatic N) is 1. The monoisotopic (exact) mass is 326 g/mol. The number of halogens is 1. The van der Waals surface area contributed by atoms with Crippen molar-refractivity contribution in [2.45, 2.75) is 12.0 Å². The largest absolute Gasteiger partial charge is 0.310 e. The van der Waals surface area contributed by atoms with Gasteiger partial charge in [-0.25, -0.2) is 4.39 Å². The minimum Gasteiger partial charge on any atom is -0.310 e. The number of carbonyl (C=O) groups excluding carboxylic acids is 1. The van der Waals surface area contributed by atoms with Gasteiger partial charge in [-0.3, -0.25) is 10.2 Å². The minimum atomic E-state index is -0.624. The Balaban J connectivity index is 2.17. The summed E-state index contributed by atoms with van der Waals surface area (Å²) in [5.74, 6) is 1.22. The van der Waals surface area contributed by atoms with Crippen molar-refractivity contribution in [3.8, 4) is 0 Å². The summed E-state index contributed by atoms with van der Waals surface area (Å²) in [5, 5.41) is 10.2. The molecule has 1 aromatic heterocycles. The summed E-state index contributed by atoms with van der Waals surface area (Å²) in [4.78, 5) is 12.7. The molecule has 6 heteroatoms. The molecule has 1 aromatic carbocycles. The summed E-state index contributed by atoms with van der Waals surface area (Å²) in [6.45, 7) is 0. The number of piperidine rings is 1. The van der Waals surface area contributed by atoms with Crippen molar-refractivity contribution in [2.75, 3.05) is 0 Å². The van der Waals surface area contributed by atoms with Gasteiger partial charge in [0.25, 0.3) is 5.91 Å². The lowest BCUT2D eigenvalue weighted by Gasteiger charge is -2.29. The molecule has 2 atom stereocenters. The first kappa shape index (κ1) is 15.2. The molecule has 0 bridgehead atoms. The highest BCUT2D eigenvalue weighted by Crippen LogP contribution is 2.35. The molecule has 0 radical (unpaired) electrons. The third-order valence-electron chi connectivity index (χ3n) is 3.80. The molecule has 23 heavy (non-hydrogen) atoms. The molecular weight excluding hydrogens is 313 g/mol. The van der Waals surface area contributed by atoms with E-state index >= 15 is 0 Å². The number of thiocarbonyl (C=S) groups is 1. The first-order valence-electron chi connectivity index (χ1n) is 6.98. The number of hydrogen-bond acceptors (Lipinski definition) is 3. The van der Waals surface area contributed by atoms with Crippen molar-refractivity contribution >= 4 is 29.0 Å². The lowest BCUT2D eigenvalue weighted by atomic mass is 9.82. The number of benzene rings is 1. The molecular formula is C17H13FN3OS+. The maximum absolute atomic E-state index is 13.2. The Morgan fingerprint density at radius 3 is 2.43 bits per heavy atom. The summed E-state index contributed by atoms with van der Waals surface area (Å²) in [6, 6.07) is 10.7. The third-order valence-corrected chi connectivity index (χ3v) is 4.12. The molecule has 1 aliphatic heterocycles. The van der Waals surface area contributed by atoms with Gasteiger partial charge < -0.3 is 5.32 Å². The molecule has 0 aliphatic carbocycles. The second kappa shape index (κ2) is 6.20. The normalized spacial score (nSPS) is 20.8. The van der Waals surface area contributed by atoms with Crippen LogP contribution < -0.4 is 9.88 Å². The zero-order chi connectivity index (χ0) is 16.4. The third kappa shape index (κ3) is 2.82. The number of hydrogen-bond donors (Lipinski definition) is 2. The Labute approximate surface area is 137 Å². The highest BCUT2D eigenvalue weighted by Gasteiger charge is 2.45. The molecule has 3 rings (SSSR count). The number of aromatic nitrogens is 1. The molecule has 1 fully saturated rings. The Kier molecular flexibility index (Phi) is 4.10. The van der Waals surface area contributed by atoms with E-state index in [4.69, 9.17) is 17.6 Å². The Bertz CT molecular complexity index is 813. The van der Waals surface area contributed by atoms with Crippen LogP contribution in [0, 0.1) is 11.2 Å². The second-order valence-corrected chi connectivity index (χ2v) is 5.56. The SMILES string of the molecule is N=C=C1C(=S)NC(=O)[C@@H]([n+]2ccccc2)[C@@H]1c1ccc(F)cc1. The van der Waals surface area contributed by atoms with Gasteiger partial charge in [-0.15, -0.1) is 0 Å². The van der Waals surface area contributed by atoms with Gasteiger partial charge in [0.1, 0.15) is 10.8 Å². The lowest BCUT2D eigenvalue weighted by molar-refractivity contribution is -0.711. The molecule has 114 valence electrons. The smallest absolute Gasteiger partial charge is 0.295 e. The van der Waals surface area contributed by atoms with Gasteiger partial charge in [0.15, 0.2) is 12.4 Å². The molecule has 2 N–H and O–H groups in total. The van der Waals surface area contributed by atoms with E-state index in [0.717, 1.165) is 0 Å². The first-order chi connectivity index (χ1) is 11.1. The Morgan fingerprint density at radius 2 is 1.83 bits per heavy atom. The van der Waals surface area contributed by atoms with E-state index in [0.29, 0.717) is 11.1 Å². The van der Waals surface area contributed by atoms with E-state index < -0.39 is 12.0 Å². The van der Waals surface area contributed by atoms with Gasteiger partial charge in [0, 0.05) is 12.1 Å². The fraction of sp³-hybridized carbons (Fsp3) is 0.118. The van der Waals surface area contributed by atoms with Crippen LogP contribution in [0.2, 0.25) is 0 Å². The number of amides is 1. The Morgan fingerprint density at radius 1 is 1.17 bits per heavy atom. The summed E-state index contributed by atoms with van der Waals surface area (Å²) in [5.41, 5.74) is 1.12. The Hall–Kier alpha value is -2.69. The van der Waals surface area contributed by atoms with Crippen LogP contribution >= 0.6 is 12.2 Å². The van der Waals surface area contributed by atoms with Crippen molar-refractivity contribution in [2.24, 2.45) is 0 Å². The van der Waals surface area contributed by atoms with Gasteiger partial charge in [-0.05, 0) is 23.6 Å². The predicted molar refractivity (Wildman–Crippen MR) is 86.8 cm³/mol. The summed E-state index contributed by atoms with van der Waals surface area (Å²) >= 11 is 5.17. The zero-order valence-corrected chi connectivity index (χ0v) is 12.8. The van der Waals surface area contributed by atoms with Crippen LogP contribution in [-0.4, -0.2) is 16.8 Å². The van der Waals surface area contributed by atoms with Gasteiger partial charge in [-0.1, -0.05) is 30.4 Å². The maximum Gasteiger partial charge on any atom is 0.295 e. The first-order valence-corrected chi connectivity index (χ1v) is 7.38. The quantitative estimate of drug-likeness (QED) is 0.384. The van der Waals surface area contributed by atoms with Crippen LogP contribution in [0.3, 0.4) is 0 Å². The van der Waals surface area contributed by atoms with Gasteiger partial charge in [-0.2, -0.15) is 4.57 Å². The highest BCUT2D eigenvalue weighted by atomic mass is 32.1. The van der Waals surface area contributed by atoms with Crippen LogP contribution in [0.1, 0.15) is 17.5 Å². The number of rotatable bonds is 2. The average molecular weight is 326 g/mol. The van der Waals surface area contributed by atoms with E-state index in [1.165, 1.54) is 12.1 Å². The number of nitrogens with one attached hydrogen (secondary N) is 2. The average Bonchev–Trinajstić information content (AvgIpc) is 2.56. The summed E-state index contributed by atoms with van der Waals surface area (Å²) < 4.78 is 15.0. The fourth-order valence-electron chi connectivity index (χ4n) is 2.76. The molecule has 4 nitrogen and oxygen atoms in total. The number of carbonyl (C=O) groups is 1. The lowest BCUT2D eigenvalue weighted by Crippen LogP contribution is -2.56. The summed E-state index contributed by atoms with van der Waals surface area (Å²) in [7, 11) is 0. The standard InChI is InChI=1S/C17H12FN3OS/c18-12-6-4-11(5-7-12)14-13(10-19)17(23)20-16(22)15(14)21-8-2-1-3-9-21/h1-9,14-15,19H/p+1/t14-,15+/m1/s1. The van der Waals surface area contributed by atoms with Gasteiger partial charge in [0.05, 0.1) is 11.5 Å². The van der Waals surface area contributed by atoms with Gasteiger partial charge in [0.2, 0.25) is 6.04 Å². The van der Waals surface area contributed by atoms with Crippen LogP contribution in [0.25, 0.3) is 0 Å². The van der Waals surface area contributed by atoms with Crippen molar-refractivity contribution in [1.29, 1.82) is 5.41 Å². The molecule has 1 aliphatic rings. The second-order valence-electron chi connectivity index (χ2n) is 5.15.